The summed E-state index contributed by atoms with van der Waals surface area (Å²) in [5.41, 5.74) is 2.92. The summed E-state index contributed by atoms with van der Waals surface area (Å²) in [5, 5.41) is 1.66. The lowest BCUT2D eigenvalue weighted by molar-refractivity contribution is 0.0366. The van der Waals surface area contributed by atoms with Gasteiger partial charge in [-0.15, -0.1) is 0 Å². The van der Waals surface area contributed by atoms with Gasteiger partial charge in [-0.1, -0.05) is 43.7 Å². The van der Waals surface area contributed by atoms with Crippen molar-refractivity contribution in [2.45, 2.75) is 32.9 Å². The summed E-state index contributed by atoms with van der Waals surface area (Å²) in [6.07, 6.45) is 3.99. The first kappa shape index (κ1) is 24.4. The van der Waals surface area contributed by atoms with Crippen LogP contribution >= 0.6 is 0 Å². The Morgan fingerprint density at radius 1 is 0.972 bits per heavy atom. The normalized spacial score (nSPS) is 14.5. The first-order valence-electron chi connectivity index (χ1n) is 12.9. The van der Waals surface area contributed by atoms with E-state index >= 15 is 0 Å². The highest BCUT2D eigenvalue weighted by molar-refractivity contribution is 6.09. The lowest BCUT2D eigenvalue weighted by Crippen LogP contribution is -2.38. The molecule has 0 N–H and O–H groups in total. The Bertz CT molecular complexity index is 1380. The number of para-hydroxylation sites is 2. The lowest BCUT2D eigenvalue weighted by atomic mass is 10.1. The molecule has 0 amide bonds. The second kappa shape index (κ2) is 11.2. The van der Waals surface area contributed by atoms with Gasteiger partial charge < -0.3 is 23.3 Å². The zero-order valence-corrected chi connectivity index (χ0v) is 21.2. The molecule has 0 spiro atoms. The molecule has 3 heterocycles. The van der Waals surface area contributed by atoms with Crippen molar-refractivity contribution in [3.63, 3.8) is 0 Å². The van der Waals surface area contributed by atoms with Gasteiger partial charge in [0.2, 0.25) is 0 Å². The molecule has 0 saturated carbocycles. The molecule has 2 aromatic carbocycles. The van der Waals surface area contributed by atoms with Crippen LogP contribution in [0, 0.1) is 0 Å². The van der Waals surface area contributed by atoms with Crippen LogP contribution in [0.5, 0.6) is 11.5 Å². The topological polar surface area (TPSA) is 57.9 Å². The minimum absolute atomic E-state index is 0.000707. The van der Waals surface area contributed by atoms with Crippen molar-refractivity contribution in [3.8, 4) is 11.5 Å². The van der Waals surface area contributed by atoms with Gasteiger partial charge in [-0.25, -0.2) is 0 Å². The van der Waals surface area contributed by atoms with Crippen LogP contribution < -0.4 is 15.0 Å². The number of aromatic nitrogens is 2. The Balaban J connectivity index is 1.54. The number of hydrogen-bond donors (Lipinski definition) is 0. The first-order valence-corrected chi connectivity index (χ1v) is 12.9. The average Bonchev–Trinajstić information content (AvgIpc) is 3.25. The zero-order valence-electron chi connectivity index (χ0n) is 21.2. The van der Waals surface area contributed by atoms with E-state index in [1.165, 1.54) is 0 Å². The van der Waals surface area contributed by atoms with E-state index in [2.05, 4.69) is 22.5 Å². The Hall–Kier alpha value is -3.29. The number of pyridine rings is 1. The fourth-order valence-electron chi connectivity index (χ4n) is 5.04. The van der Waals surface area contributed by atoms with Gasteiger partial charge in [-0.2, -0.15) is 0 Å². The first-order chi connectivity index (χ1) is 17.7. The van der Waals surface area contributed by atoms with Crippen molar-refractivity contribution in [2.24, 2.45) is 0 Å². The Kier molecular flexibility index (Phi) is 7.58. The quantitative estimate of drug-likeness (QED) is 0.307. The smallest absolute Gasteiger partial charge is 0.260 e. The predicted octanol–water partition coefficient (Wildman–Crippen LogP) is 4.52. The van der Waals surface area contributed by atoms with Crippen molar-refractivity contribution in [3.05, 3.63) is 70.6 Å². The molecule has 0 aliphatic carbocycles. The van der Waals surface area contributed by atoms with Gasteiger partial charge in [0.25, 0.3) is 5.56 Å². The molecule has 0 bridgehead atoms. The van der Waals surface area contributed by atoms with Crippen LogP contribution in [0.25, 0.3) is 21.8 Å². The standard InChI is InChI=1S/C29H35N3O4/c1-3-4-18-36-25-10-6-5-8-22(25)21-31-13-12-24-27(29(31)33)23-9-7-11-26(34-2)28(23)32(24)15-14-30-16-19-35-20-17-30/h5-13H,3-4,14-21H2,1-2H3. The van der Waals surface area contributed by atoms with E-state index in [1.807, 2.05) is 48.7 Å². The number of ether oxygens (including phenoxy) is 3. The molecule has 2 aromatic heterocycles. The van der Waals surface area contributed by atoms with E-state index in [9.17, 15) is 4.79 Å². The van der Waals surface area contributed by atoms with Crippen LogP contribution in [0.4, 0.5) is 0 Å². The summed E-state index contributed by atoms with van der Waals surface area (Å²) in [6.45, 7) is 8.36. The van der Waals surface area contributed by atoms with Gasteiger partial charge in [-0.05, 0) is 24.6 Å². The van der Waals surface area contributed by atoms with E-state index < -0.39 is 0 Å². The summed E-state index contributed by atoms with van der Waals surface area (Å²) < 4.78 is 21.3. The minimum atomic E-state index is -0.000707. The number of unbranched alkanes of at least 4 members (excludes halogenated alkanes) is 1. The summed E-state index contributed by atoms with van der Waals surface area (Å²) in [7, 11) is 1.69. The molecular formula is C29H35N3O4. The molecule has 36 heavy (non-hydrogen) atoms. The van der Waals surface area contributed by atoms with Gasteiger partial charge in [0, 0.05) is 43.3 Å². The number of methoxy groups -OCH3 is 1. The fourth-order valence-corrected chi connectivity index (χ4v) is 5.04. The maximum Gasteiger partial charge on any atom is 0.260 e. The fraction of sp³-hybridized carbons (Fsp3) is 0.414. The third-order valence-corrected chi connectivity index (χ3v) is 7.00. The van der Waals surface area contributed by atoms with Crippen molar-refractivity contribution in [1.82, 2.24) is 14.0 Å². The molecule has 7 heteroatoms. The van der Waals surface area contributed by atoms with Crippen LogP contribution in [0.15, 0.2) is 59.5 Å². The number of benzene rings is 2. The van der Waals surface area contributed by atoms with E-state index in [0.717, 1.165) is 91.1 Å². The second-order valence-corrected chi connectivity index (χ2v) is 9.28. The Morgan fingerprint density at radius 2 is 1.78 bits per heavy atom. The molecule has 5 rings (SSSR count). The van der Waals surface area contributed by atoms with Gasteiger partial charge in [-0.3, -0.25) is 9.69 Å². The van der Waals surface area contributed by atoms with Crippen LogP contribution in [0.2, 0.25) is 0 Å². The average molecular weight is 490 g/mol. The Labute approximate surface area is 211 Å². The number of hydrogen-bond acceptors (Lipinski definition) is 5. The molecule has 190 valence electrons. The highest BCUT2D eigenvalue weighted by Crippen LogP contribution is 2.33. The third kappa shape index (κ3) is 4.86. The SMILES string of the molecule is CCCCOc1ccccc1Cn1ccc2c(c1=O)c1cccc(OC)c1n2CCN1CCOCC1. The number of nitrogens with zero attached hydrogens (tertiary/aromatic N) is 3. The maximum absolute atomic E-state index is 13.9. The van der Waals surface area contributed by atoms with Crippen LogP contribution in [-0.4, -0.2) is 60.6 Å². The summed E-state index contributed by atoms with van der Waals surface area (Å²) in [4.78, 5) is 16.3. The third-order valence-electron chi connectivity index (χ3n) is 7.00. The molecule has 1 saturated heterocycles. The van der Waals surface area contributed by atoms with Crippen molar-refractivity contribution in [2.75, 3.05) is 46.6 Å². The van der Waals surface area contributed by atoms with Crippen LogP contribution in [-0.2, 0) is 17.8 Å². The molecule has 1 aliphatic heterocycles. The van der Waals surface area contributed by atoms with Gasteiger partial charge in [0.15, 0.2) is 0 Å². The molecular weight excluding hydrogens is 454 g/mol. The summed E-state index contributed by atoms with van der Waals surface area (Å²) in [5.74, 6) is 1.62. The molecule has 0 unspecified atom stereocenters. The second-order valence-electron chi connectivity index (χ2n) is 9.28. The summed E-state index contributed by atoms with van der Waals surface area (Å²) in [6, 6.07) is 16.0. The van der Waals surface area contributed by atoms with Crippen molar-refractivity contribution >= 4 is 21.8 Å². The number of morpholine rings is 1. The predicted molar refractivity (Wildman–Crippen MR) is 143 cm³/mol. The highest BCUT2D eigenvalue weighted by Gasteiger charge is 2.20. The van der Waals surface area contributed by atoms with Gasteiger partial charge in [0.1, 0.15) is 11.5 Å². The van der Waals surface area contributed by atoms with Crippen molar-refractivity contribution in [1.29, 1.82) is 0 Å². The molecule has 1 aliphatic rings. The monoisotopic (exact) mass is 489 g/mol. The van der Waals surface area contributed by atoms with E-state index in [1.54, 1.807) is 11.7 Å². The largest absolute Gasteiger partial charge is 0.495 e. The lowest BCUT2D eigenvalue weighted by Gasteiger charge is -2.27. The number of fused-ring (bicyclic) bond motifs is 3. The van der Waals surface area contributed by atoms with Crippen LogP contribution in [0.1, 0.15) is 25.3 Å². The van der Waals surface area contributed by atoms with Gasteiger partial charge >= 0.3 is 0 Å². The molecule has 0 radical (unpaired) electrons. The van der Waals surface area contributed by atoms with Gasteiger partial charge in [0.05, 0.1) is 49.9 Å². The van der Waals surface area contributed by atoms with E-state index in [-0.39, 0.29) is 5.56 Å². The van der Waals surface area contributed by atoms with E-state index in [4.69, 9.17) is 14.2 Å². The minimum Gasteiger partial charge on any atom is -0.495 e. The molecule has 1 fully saturated rings. The zero-order chi connectivity index (χ0) is 24.9. The van der Waals surface area contributed by atoms with Crippen LogP contribution in [0.3, 0.4) is 0 Å². The highest BCUT2D eigenvalue weighted by atomic mass is 16.5. The summed E-state index contributed by atoms with van der Waals surface area (Å²) >= 11 is 0. The molecule has 0 atom stereocenters. The van der Waals surface area contributed by atoms with E-state index in [0.29, 0.717) is 13.2 Å². The Morgan fingerprint density at radius 3 is 2.58 bits per heavy atom. The molecule has 4 aromatic rings. The maximum atomic E-state index is 13.9. The molecule has 7 nitrogen and oxygen atoms in total. The van der Waals surface area contributed by atoms with Crippen molar-refractivity contribution < 1.29 is 14.2 Å². The number of rotatable bonds is 10.